The highest BCUT2D eigenvalue weighted by Crippen LogP contribution is 2.52. The second-order valence-electron chi connectivity index (χ2n) is 9.72. The van der Waals surface area contributed by atoms with E-state index < -0.39 is 47.1 Å². The van der Waals surface area contributed by atoms with Gasteiger partial charge in [0.15, 0.2) is 5.78 Å². The number of thiophene rings is 1. The smallest absolute Gasteiger partial charge is 0.338 e. The third kappa shape index (κ3) is 5.20. The maximum Gasteiger partial charge on any atom is 0.338 e. The molecule has 0 radical (unpaired) electrons. The number of esters is 2. The van der Waals surface area contributed by atoms with E-state index in [1.165, 1.54) is 22.3 Å². The average Bonchev–Trinajstić information content (AvgIpc) is 3.48. The number of ether oxygens (including phenoxy) is 2. The van der Waals surface area contributed by atoms with Crippen LogP contribution in [0, 0.1) is 17.6 Å². The summed E-state index contributed by atoms with van der Waals surface area (Å²) in [6.45, 7) is 3.31. The van der Waals surface area contributed by atoms with Crippen LogP contribution < -0.4 is 10.6 Å². The first-order valence-electron chi connectivity index (χ1n) is 13.3. The Kier molecular flexibility index (Phi) is 8.47. The Hall–Kier alpha value is -4.02. The molecule has 1 aromatic heterocycles. The number of hydrogen-bond acceptors (Lipinski definition) is 8. The molecule has 0 amide bonds. The van der Waals surface area contributed by atoms with Gasteiger partial charge in [-0.3, -0.25) is 14.5 Å². The van der Waals surface area contributed by atoms with Crippen molar-refractivity contribution in [3.8, 4) is 0 Å². The van der Waals surface area contributed by atoms with Crippen LogP contribution in [0.1, 0.15) is 42.5 Å². The number of nitrogens with zero attached hydrogens (tertiary/aromatic N) is 1. The lowest BCUT2D eigenvalue weighted by Crippen LogP contribution is -2.46. The van der Waals surface area contributed by atoms with Crippen LogP contribution in [0.25, 0.3) is 0 Å². The minimum absolute atomic E-state index is 0.00541. The predicted octanol–water partition coefficient (Wildman–Crippen LogP) is 6.21. The van der Waals surface area contributed by atoms with Gasteiger partial charge in [-0.2, -0.15) is 0 Å². The molecular formula is C31H27ClF2N2O5S. The molecule has 5 rings (SSSR count). The molecule has 0 fully saturated rings. The van der Waals surface area contributed by atoms with E-state index in [-0.39, 0.29) is 48.0 Å². The number of allylic oxidation sites excluding steroid dienone is 2. The number of benzene rings is 2. The summed E-state index contributed by atoms with van der Waals surface area (Å²) in [4.78, 5) is 43.5. The van der Waals surface area contributed by atoms with Crippen molar-refractivity contribution in [2.45, 2.75) is 32.1 Å². The van der Waals surface area contributed by atoms with Gasteiger partial charge in [-0.05, 0) is 61.5 Å². The van der Waals surface area contributed by atoms with Crippen molar-refractivity contribution in [1.29, 1.82) is 0 Å². The Bertz CT molecular complexity index is 1620. The van der Waals surface area contributed by atoms with Crippen LogP contribution >= 0.6 is 22.9 Å². The zero-order valence-electron chi connectivity index (χ0n) is 22.7. The number of anilines is 1. The number of hydrogen-bond donors (Lipinski definition) is 1. The summed E-state index contributed by atoms with van der Waals surface area (Å²) in [5.41, 5.74) is 7.18. The topological polar surface area (TPSA) is 98.9 Å². The van der Waals surface area contributed by atoms with Gasteiger partial charge < -0.3 is 15.2 Å². The van der Waals surface area contributed by atoms with Crippen LogP contribution in [-0.4, -0.2) is 30.9 Å². The third-order valence-electron chi connectivity index (χ3n) is 7.32. The van der Waals surface area contributed by atoms with E-state index in [1.54, 1.807) is 44.2 Å². The largest absolute Gasteiger partial charge is 0.465 e. The SMILES string of the molecule is CCOC(=O)C1=C(N)N(c2ccc(F)cc2F)C2=C(C(=O)[C@@H](C(=O)OCC)[C@H](c3cccs3)C2)[C@@H]1c1cccc(Cl)c1. The van der Waals surface area contributed by atoms with Gasteiger partial charge in [0, 0.05) is 33.2 Å². The second-order valence-corrected chi connectivity index (χ2v) is 11.1. The van der Waals surface area contributed by atoms with E-state index in [9.17, 15) is 18.8 Å². The number of rotatable bonds is 7. The van der Waals surface area contributed by atoms with E-state index in [1.807, 2.05) is 11.4 Å². The van der Waals surface area contributed by atoms with Gasteiger partial charge in [-0.25, -0.2) is 13.6 Å². The fourth-order valence-corrected chi connectivity index (χ4v) is 6.73. The molecule has 2 heterocycles. The van der Waals surface area contributed by atoms with E-state index in [2.05, 4.69) is 0 Å². The third-order valence-corrected chi connectivity index (χ3v) is 8.56. The average molecular weight is 613 g/mol. The highest BCUT2D eigenvalue weighted by molar-refractivity contribution is 7.10. The Balaban J connectivity index is 1.84. The fraction of sp³-hybridized carbons (Fsp3) is 0.258. The highest BCUT2D eigenvalue weighted by Gasteiger charge is 2.52. The molecule has 0 bridgehead atoms. The maximum atomic E-state index is 15.4. The lowest BCUT2D eigenvalue weighted by molar-refractivity contribution is -0.152. The molecule has 0 saturated heterocycles. The first-order valence-corrected chi connectivity index (χ1v) is 14.6. The molecule has 1 aliphatic carbocycles. The first-order chi connectivity index (χ1) is 20.2. The molecule has 1 aliphatic heterocycles. The molecule has 2 aromatic carbocycles. The van der Waals surface area contributed by atoms with Crippen molar-refractivity contribution in [1.82, 2.24) is 0 Å². The zero-order chi connectivity index (χ0) is 30.1. The lowest BCUT2D eigenvalue weighted by atomic mass is 9.68. The van der Waals surface area contributed by atoms with E-state index in [0.29, 0.717) is 16.7 Å². The van der Waals surface area contributed by atoms with Gasteiger partial charge in [0.25, 0.3) is 0 Å². The molecule has 2 aliphatic rings. The number of Topliss-reactive ketones (excluding diaryl/α,β-unsaturated/α-hetero) is 1. The van der Waals surface area contributed by atoms with E-state index >= 15 is 4.39 Å². The van der Waals surface area contributed by atoms with Gasteiger partial charge >= 0.3 is 11.9 Å². The van der Waals surface area contributed by atoms with Crippen molar-refractivity contribution >= 4 is 46.3 Å². The van der Waals surface area contributed by atoms with Gasteiger partial charge in [0.1, 0.15) is 23.4 Å². The molecular weight excluding hydrogens is 586 g/mol. The molecule has 2 N–H and O–H groups in total. The summed E-state index contributed by atoms with van der Waals surface area (Å²) in [5.74, 6) is -7.10. The Morgan fingerprint density at radius 2 is 1.83 bits per heavy atom. The van der Waals surface area contributed by atoms with Gasteiger partial charge in [0.05, 0.1) is 30.4 Å². The van der Waals surface area contributed by atoms with Gasteiger partial charge in [-0.15, -0.1) is 11.3 Å². The number of ketones is 1. The number of halogens is 3. The first kappa shape index (κ1) is 29.5. The standard InChI is InChI=1S/C31H27ClF2N2O5S/c1-3-40-30(38)25-19(23-9-6-12-42-23)15-22-26(28(25)37)24(16-7-5-8-17(32)13-16)27(31(39)41-4-2)29(35)36(22)21-11-10-18(33)14-20(21)34/h5-14,19,24-25H,3-4,15,35H2,1-2H3/t19-,24-,25-/m0/s1. The van der Waals surface area contributed by atoms with Crippen LogP contribution in [0.5, 0.6) is 0 Å². The molecule has 7 nitrogen and oxygen atoms in total. The van der Waals surface area contributed by atoms with Gasteiger partial charge in [0.2, 0.25) is 0 Å². The van der Waals surface area contributed by atoms with Crippen LogP contribution in [0.15, 0.2) is 82.6 Å². The van der Waals surface area contributed by atoms with Crippen molar-refractivity contribution in [2.75, 3.05) is 18.1 Å². The predicted molar refractivity (Wildman–Crippen MR) is 155 cm³/mol. The number of carbonyl (C=O) groups is 3. The maximum absolute atomic E-state index is 15.4. The van der Waals surface area contributed by atoms with Crippen molar-refractivity contribution in [3.63, 3.8) is 0 Å². The Morgan fingerprint density at radius 1 is 1.07 bits per heavy atom. The quantitative estimate of drug-likeness (QED) is 0.250. The van der Waals surface area contributed by atoms with E-state index in [4.69, 9.17) is 26.8 Å². The molecule has 3 atom stereocenters. The normalized spacial score (nSPS) is 20.5. The molecule has 42 heavy (non-hydrogen) atoms. The summed E-state index contributed by atoms with van der Waals surface area (Å²) >= 11 is 7.70. The molecule has 11 heteroatoms. The molecule has 0 saturated carbocycles. The molecule has 0 spiro atoms. The molecule has 0 unspecified atom stereocenters. The fourth-order valence-electron chi connectivity index (χ4n) is 5.67. The molecule has 218 valence electrons. The van der Waals surface area contributed by atoms with Crippen LogP contribution in [0.4, 0.5) is 14.5 Å². The summed E-state index contributed by atoms with van der Waals surface area (Å²) in [6.07, 6.45) is 0.0652. The number of carbonyl (C=O) groups excluding carboxylic acids is 3. The number of nitrogens with two attached hydrogens (primary N) is 1. The minimum Gasteiger partial charge on any atom is -0.465 e. The van der Waals surface area contributed by atoms with E-state index in [0.717, 1.165) is 10.9 Å². The lowest BCUT2D eigenvalue weighted by Gasteiger charge is -2.43. The van der Waals surface area contributed by atoms with Crippen molar-refractivity contribution in [3.05, 3.63) is 110 Å². The summed E-state index contributed by atoms with van der Waals surface area (Å²) in [6, 6.07) is 13.1. The molecule has 3 aromatic rings. The summed E-state index contributed by atoms with van der Waals surface area (Å²) < 4.78 is 40.1. The second kappa shape index (κ2) is 12.1. The monoisotopic (exact) mass is 612 g/mol. The van der Waals surface area contributed by atoms with Gasteiger partial charge in [-0.1, -0.05) is 29.8 Å². The summed E-state index contributed by atoms with van der Waals surface area (Å²) in [7, 11) is 0. The Labute approximate surface area is 250 Å². The zero-order valence-corrected chi connectivity index (χ0v) is 24.3. The van der Waals surface area contributed by atoms with Crippen LogP contribution in [0.2, 0.25) is 5.02 Å². The van der Waals surface area contributed by atoms with Crippen molar-refractivity contribution in [2.24, 2.45) is 11.7 Å². The van der Waals surface area contributed by atoms with Crippen molar-refractivity contribution < 1.29 is 32.6 Å². The minimum atomic E-state index is -1.24. The Morgan fingerprint density at radius 3 is 2.48 bits per heavy atom. The van der Waals surface area contributed by atoms with Crippen LogP contribution in [-0.2, 0) is 23.9 Å². The summed E-state index contributed by atoms with van der Waals surface area (Å²) in [5, 5.41) is 2.16. The van der Waals surface area contributed by atoms with Crippen LogP contribution in [0.3, 0.4) is 0 Å². The highest BCUT2D eigenvalue weighted by atomic mass is 35.5.